The zero-order valence-corrected chi connectivity index (χ0v) is 16.6. The molecule has 3 rings (SSSR count). The van der Waals surface area contributed by atoms with Gasteiger partial charge in [-0.3, -0.25) is 0 Å². The Hall–Kier alpha value is -2.06. The number of oxazole rings is 1. The Morgan fingerprint density at radius 2 is 1.89 bits per heavy atom. The van der Waals surface area contributed by atoms with Crippen LogP contribution in [0.1, 0.15) is 5.69 Å². The van der Waals surface area contributed by atoms with Crippen LogP contribution in [0, 0.1) is 0 Å². The third-order valence-corrected chi connectivity index (χ3v) is 5.92. The predicted octanol–water partition coefficient (Wildman–Crippen LogP) is 4.18. The molecule has 0 bridgehead atoms. The van der Waals surface area contributed by atoms with Crippen LogP contribution in [0.3, 0.4) is 0 Å². The molecule has 0 amide bonds. The summed E-state index contributed by atoms with van der Waals surface area (Å²) in [5.74, 6) is 1.19. The van der Waals surface area contributed by atoms with Crippen molar-refractivity contribution in [3.63, 3.8) is 0 Å². The summed E-state index contributed by atoms with van der Waals surface area (Å²) in [6, 6.07) is 11.6. The minimum atomic E-state index is -3.78. The van der Waals surface area contributed by atoms with Crippen molar-refractivity contribution in [1.82, 2.24) is 9.71 Å². The van der Waals surface area contributed by atoms with E-state index in [2.05, 4.69) is 9.71 Å². The number of methoxy groups -OCH3 is 1. The average Bonchev–Trinajstić information content (AvgIpc) is 3.12. The molecule has 0 aliphatic carbocycles. The smallest absolute Gasteiger partial charge is 0.242 e. The van der Waals surface area contributed by atoms with Crippen LogP contribution in [0.2, 0.25) is 10.0 Å². The number of halogens is 2. The van der Waals surface area contributed by atoms with Gasteiger partial charge in [-0.25, -0.2) is 18.1 Å². The molecule has 1 heterocycles. The van der Waals surface area contributed by atoms with E-state index in [1.165, 1.54) is 24.5 Å². The molecule has 1 N–H and O–H groups in total. The molecule has 9 heteroatoms. The average molecular weight is 427 g/mol. The first-order valence-electron chi connectivity index (χ1n) is 7.92. The van der Waals surface area contributed by atoms with Gasteiger partial charge in [0, 0.05) is 23.6 Å². The topological polar surface area (TPSA) is 81.4 Å². The largest absolute Gasteiger partial charge is 0.497 e. The van der Waals surface area contributed by atoms with Gasteiger partial charge in [0.2, 0.25) is 15.9 Å². The molecular weight excluding hydrogens is 411 g/mol. The normalized spacial score (nSPS) is 11.5. The van der Waals surface area contributed by atoms with Gasteiger partial charge < -0.3 is 9.15 Å². The third-order valence-electron chi connectivity index (χ3n) is 3.74. The summed E-state index contributed by atoms with van der Waals surface area (Å²) in [7, 11) is -2.18. The van der Waals surface area contributed by atoms with Gasteiger partial charge in [0.1, 0.15) is 16.9 Å². The molecule has 0 aliphatic heterocycles. The number of rotatable bonds is 7. The Bertz CT molecular complexity index is 1030. The van der Waals surface area contributed by atoms with E-state index in [4.69, 9.17) is 32.4 Å². The van der Waals surface area contributed by atoms with Crippen LogP contribution in [0.25, 0.3) is 11.5 Å². The number of benzene rings is 2. The summed E-state index contributed by atoms with van der Waals surface area (Å²) in [6.07, 6.45) is 1.86. The lowest BCUT2D eigenvalue weighted by atomic mass is 10.2. The number of nitrogens with one attached hydrogen (secondary N) is 1. The first kappa shape index (κ1) is 19.7. The molecule has 6 nitrogen and oxygen atoms in total. The lowest BCUT2D eigenvalue weighted by molar-refractivity contribution is 0.415. The summed E-state index contributed by atoms with van der Waals surface area (Å²) in [6.45, 7) is 0.139. The van der Waals surface area contributed by atoms with E-state index in [0.29, 0.717) is 23.0 Å². The van der Waals surface area contributed by atoms with Crippen molar-refractivity contribution in [2.45, 2.75) is 11.3 Å². The number of aromatic nitrogens is 1. The van der Waals surface area contributed by atoms with Crippen LogP contribution in [0.5, 0.6) is 5.75 Å². The molecule has 0 spiro atoms. The number of ether oxygens (including phenoxy) is 1. The minimum absolute atomic E-state index is 0.0595. The monoisotopic (exact) mass is 426 g/mol. The Kier molecular flexibility index (Phi) is 6.06. The van der Waals surface area contributed by atoms with Crippen molar-refractivity contribution in [3.05, 3.63) is 64.5 Å². The lowest BCUT2D eigenvalue weighted by Gasteiger charge is -2.08. The highest BCUT2D eigenvalue weighted by molar-refractivity contribution is 7.89. The maximum absolute atomic E-state index is 12.4. The lowest BCUT2D eigenvalue weighted by Crippen LogP contribution is -2.26. The van der Waals surface area contributed by atoms with Crippen molar-refractivity contribution in [2.75, 3.05) is 13.7 Å². The molecule has 3 aromatic rings. The van der Waals surface area contributed by atoms with E-state index >= 15 is 0 Å². The van der Waals surface area contributed by atoms with E-state index in [-0.39, 0.29) is 16.5 Å². The Morgan fingerprint density at radius 1 is 1.15 bits per heavy atom. The van der Waals surface area contributed by atoms with Crippen LogP contribution in [-0.4, -0.2) is 27.1 Å². The maximum atomic E-state index is 12.4. The second-order valence-corrected chi connectivity index (χ2v) is 8.17. The second-order valence-electron chi connectivity index (χ2n) is 5.60. The van der Waals surface area contributed by atoms with Crippen LogP contribution >= 0.6 is 23.2 Å². The first-order valence-corrected chi connectivity index (χ1v) is 10.2. The molecule has 0 saturated heterocycles. The highest BCUT2D eigenvalue weighted by Crippen LogP contribution is 2.25. The molecule has 1 aromatic heterocycles. The van der Waals surface area contributed by atoms with Crippen LogP contribution < -0.4 is 9.46 Å². The SMILES string of the molecule is COc1ccc(-c2nc(CCNS(=O)(=O)c3cc(Cl)ccc3Cl)co2)cc1. The summed E-state index contributed by atoms with van der Waals surface area (Å²) in [5, 5.41) is 0.399. The Labute approximate surface area is 167 Å². The van der Waals surface area contributed by atoms with Crippen molar-refractivity contribution in [2.24, 2.45) is 0 Å². The van der Waals surface area contributed by atoms with Crippen LogP contribution in [0.15, 0.2) is 58.0 Å². The van der Waals surface area contributed by atoms with Crippen molar-refractivity contribution in [1.29, 1.82) is 0 Å². The highest BCUT2D eigenvalue weighted by atomic mass is 35.5. The van der Waals surface area contributed by atoms with E-state index in [1.54, 1.807) is 7.11 Å². The summed E-state index contributed by atoms with van der Waals surface area (Å²) < 4.78 is 37.8. The van der Waals surface area contributed by atoms with E-state index in [0.717, 1.165) is 11.3 Å². The van der Waals surface area contributed by atoms with Gasteiger partial charge in [-0.1, -0.05) is 23.2 Å². The van der Waals surface area contributed by atoms with Crippen LogP contribution in [-0.2, 0) is 16.4 Å². The van der Waals surface area contributed by atoms with Gasteiger partial charge in [-0.05, 0) is 42.5 Å². The van der Waals surface area contributed by atoms with Gasteiger partial charge in [-0.2, -0.15) is 0 Å². The van der Waals surface area contributed by atoms with Crippen molar-refractivity contribution < 1.29 is 17.6 Å². The molecule has 0 atom stereocenters. The summed E-state index contributed by atoms with van der Waals surface area (Å²) in [4.78, 5) is 4.31. The Balaban J connectivity index is 1.64. The third kappa shape index (κ3) is 4.81. The molecule has 0 unspecified atom stereocenters. The maximum Gasteiger partial charge on any atom is 0.242 e. The minimum Gasteiger partial charge on any atom is -0.497 e. The Morgan fingerprint density at radius 3 is 2.59 bits per heavy atom. The van der Waals surface area contributed by atoms with E-state index < -0.39 is 10.0 Å². The van der Waals surface area contributed by atoms with Crippen LogP contribution in [0.4, 0.5) is 0 Å². The van der Waals surface area contributed by atoms with Gasteiger partial charge in [0.25, 0.3) is 0 Å². The molecule has 2 aromatic carbocycles. The summed E-state index contributed by atoms with van der Waals surface area (Å²) >= 11 is 11.8. The predicted molar refractivity (Wildman–Crippen MR) is 104 cm³/mol. The number of hydrogen-bond acceptors (Lipinski definition) is 5. The first-order chi connectivity index (χ1) is 12.9. The van der Waals surface area contributed by atoms with Gasteiger partial charge in [-0.15, -0.1) is 0 Å². The number of hydrogen-bond donors (Lipinski definition) is 1. The zero-order valence-electron chi connectivity index (χ0n) is 14.3. The standard InChI is InChI=1S/C18H16Cl2N2O4S/c1-25-15-5-2-12(3-6-15)18-22-14(11-26-18)8-9-21-27(23,24)17-10-13(19)4-7-16(17)20/h2-7,10-11,21H,8-9H2,1H3. The fourth-order valence-corrected chi connectivity index (χ4v) is 4.15. The van der Waals surface area contributed by atoms with Crippen molar-refractivity contribution in [3.8, 4) is 17.2 Å². The molecule has 142 valence electrons. The molecule has 27 heavy (non-hydrogen) atoms. The van der Waals surface area contributed by atoms with Gasteiger partial charge >= 0.3 is 0 Å². The zero-order chi connectivity index (χ0) is 19.4. The highest BCUT2D eigenvalue weighted by Gasteiger charge is 2.18. The molecule has 0 radical (unpaired) electrons. The van der Waals surface area contributed by atoms with Gasteiger partial charge in [0.15, 0.2) is 0 Å². The fraction of sp³-hybridized carbons (Fsp3) is 0.167. The molecule has 0 aliphatic rings. The second kappa shape index (κ2) is 8.31. The van der Waals surface area contributed by atoms with Crippen molar-refractivity contribution >= 4 is 33.2 Å². The molecular formula is C18H16Cl2N2O4S. The fourth-order valence-electron chi connectivity index (χ4n) is 2.36. The molecule has 0 saturated carbocycles. The van der Waals surface area contributed by atoms with E-state index in [1.807, 2.05) is 24.3 Å². The van der Waals surface area contributed by atoms with Gasteiger partial charge in [0.05, 0.1) is 17.8 Å². The quantitative estimate of drug-likeness (QED) is 0.612. The molecule has 0 fully saturated rings. The number of nitrogens with zero attached hydrogens (tertiary/aromatic N) is 1. The number of sulfonamides is 1. The summed E-state index contributed by atoms with van der Waals surface area (Å²) in [5.41, 5.74) is 1.43. The van der Waals surface area contributed by atoms with E-state index in [9.17, 15) is 8.42 Å².